The van der Waals surface area contributed by atoms with Crippen LogP contribution < -0.4 is 5.32 Å². The summed E-state index contributed by atoms with van der Waals surface area (Å²) in [5, 5.41) is 4.15. The van der Waals surface area contributed by atoms with E-state index in [0.717, 1.165) is 35.1 Å². The second-order valence-electron chi connectivity index (χ2n) is 5.76. The van der Waals surface area contributed by atoms with Crippen molar-refractivity contribution in [3.05, 3.63) is 71.7 Å². The molecule has 0 unspecified atom stereocenters. The molecular formula is C20H19FN2O2. The summed E-state index contributed by atoms with van der Waals surface area (Å²) in [6.45, 7) is 3.07. The number of anilines is 1. The smallest absolute Gasteiger partial charge is 0.338 e. The van der Waals surface area contributed by atoms with E-state index in [-0.39, 0.29) is 12.4 Å². The number of pyridine rings is 1. The lowest BCUT2D eigenvalue weighted by Crippen LogP contribution is -2.05. The predicted molar refractivity (Wildman–Crippen MR) is 96.0 cm³/mol. The third kappa shape index (κ3) is 4.32. The van der Waals surface area contributed by atoms with E-state index in [1.165, 1.54) is 12.1 Å². The van der Waals surface area contributed by atoms with E-state index in [0.29, 0.717) is 5.56 Å². The van der Waals surface area contributed by atoms with Gasteiger partial charge >= 0.3 is 5.97 Å². The maximum Gasteiger partial charge on any atom is 0.338 e. The van der Waals surface area contributed by atoms with E-state index in [4.69, 9.17) is 4.74 Å². The lowest BCUT2D eigenvalue weighted by atomic mass is 10.1. The number of benzene rings is 2. The van der Waals surface area contributed by atoms with Crippen molar-refractivity contribution < 1.29 is 13.9 Å². The summed E-state index contributed by atoms with van der Waals surface area (Å²) in [4.78, 5) is 16.6. The summed E-state index contributed by atoms with van der Waals surface area (Å²) in [5.41, 5.74) is 2.94. The number of hydrogen-bond acceptors (Lipinski definition) is 4. The third-order valence-corrected chi connectivity index (χ3v) is 3.78. The highest BCUT2D eigenvalue weighted by Crippen LogP contribution is 2.19. The number of halogens is 1. The molecule has 0 radical (unpaired) electrons. The van der Waals surface area contributed by atoms with Gasteiger partial charge in [0.25, 0.3) is 0 Å². The van der Waals surface area contributed by atoms with Gasteiger partial charge in [0.1, 0.15) is 12.4 Å². The van der Waals surface area contributed by atoms with Crippen LogP contribution in [0.2, 0.25) is 0 Å². The molecule has 0 atom stereocenters. The Morgan fingerprint density at radius 3 is 2.72 bits per heavy atom. The molecule has 0 spiro atoms. The van der Waals surface area contributed by atoms with Crippen LogP contribution in [-0.4, -0.2) is 17.5 Å². The van der Waals surface area contributed by atoms with Crippen LogP contribution in [-0.2, 0) is 11.3 Å². The maximum absolute atomic E-state index is 12.9. The predicted octanol–water partition coefficient (Wildman–Crippen LogP) is 4.55. The van der Waals surface area contributed by atoms with Crippen molar-refractivity contribution in [2.45, 2.75) is 20.0 Å². The number of nitrogens with zero attached hydrogens (tertiary/aromatic N) is 1. The minimum Gasteiger partial charge on any atom is -0.457 e. The molecule has 25 heavy (non-hydrogen) atoms. The molecule has 1 aromatic heterocycles. The number of carbonyl (C=O) groups excluding carboxylic acids is 1. The second-order valence-corrected chi connectivity index (χ2v) is 5.76. The zero-order chi connectivity index (χ0) is 17.6. The Balaban J connectivity index is 1.72. The molecule has 3 aromatic rings. The van der Waals surface area contributed by atoms with Crippen molar-refractivity contribution in [2.75, 3.05) is 11.9 Å². The van der Waals surface area contributed by atoms with Gasteiger partial charge in [-0.3, -0.25) is 4.98 Å². The molecule has 1 heterocycles. The fourth-order valence-corrected chi connectivity index (χ4v) is 2.44. The number of esters is 1. The Hall–Kier alpha value is -2.95. The largest absolute Gasteiger partial charge is 0.457 e. The molecule has 0 amide bonds. The summed E-state index contributed by atoms with van der Waals surface area (Å²) in [6.07, 6.45) is 2.80. The van der Waals surface area contributed by atoms with Gasteiger partial charge in [-0.15, -0.1) is 0 Å². The fraction of sp³-hybridized carbons (Fsp3) is 0.200. The summed E-state index contributed by atoms with van der Waals surface area (Å²) in [5.74, 6) is -0.734. The first-order valence-corrected chi connectivity index (χ1v) is 8.21. The van der Waals surface area contributed by atoms with Crippen LogP contribution in [0.15, 0.2) is 54.7 Å². The van der Waals surface area contributed by atoms with Crippen molar-refractivity contribution in [1.29, 1.82) is 0 Å². The highest BCUT2D eigenvalue weighted by atomic mass is 19.1. The van der Waals surface area contributed by atoms with E-state index in [1.54, 1.807) is 36.5 Å². The van der Waals surface area contributed by atoms with Gasteiger partial charge in [-0.2, -0.15) is 0 Å². The maximum atomic E-state index is 12.9. The van der Waals surface area contributed by atoms with E-state index < -0.39 is 5.97 Å². The zero-order valence-electron chi connectivity index (χ0n) is 14.0. The standard InChI is InChI=1S/C20H19FN2O2/c1-2-9-22-18-11-16-10-15(5-8-19(16)23-12-18)20(24)25-13-14-3-6-17(21)7-4-14/h3-8,10-12,22H,2,9,13H2,1H3. The SMILES string of the molecule is CCCNc1cnc2ccc(C(=O)OCc3ccc(F)cc3)cc2c1. The number of fused-ring (bicyclic) bond motifs is 1. The van der Waals surface area contributed by atoms with Crippen molar-refractivity contribution in [3.8, 4) is 0 Å². The average Bonchev–Trinajstić information content (AvgIpc) is 2.65. The van der Waals surface area contributed by atoms with Crippen molar-refractivity contribution >= 4 is 22.6 Å². The quantitative estimate of drug-likeness (QED) is 0.670. The molecule has 0 saturated carbocycles. The first-order chi connectivity index (χ1) is 12.2. The molecule has 4 nitrogen and oxygen atoms in total. The zero-order valence-corrected chi connectivity index (χ0v) is 14.0. The molecule has 2 aromatic carbocycles. The fourth-order valence-electron chi connectivity index (χ4n) is 2.44. The third-order valence-electron chi connectivity index (χ3n) is 3.78. The Morgan fingerprint density at radius 2 is 1.96 bits per heavy atom. The van der Waals surface area contributed by atoms with Gasteiger partial charge in [0.2, 0.25) is 0 Å². The van der Waals surface area contributed by atoms with Crippen LogP contribution in [0.4, 0.5) is 10.1 Å². The number of rotatable bonds is 6. The molecule has 0 aliphatic rings. The summed E-state index contributed by atoms with van der Waals surface area (Å²) >= 11 is 0. The van der Waals surface area contributed by atoms with Crippen LogP contribution in [0.3, 0.4) is 0 Å². The van der Waals surface area contributed by atoms with Gasteiger partial charge in [0, 0.05) is 11.9 Å². The second kappa shape index (κ2) is 7.75. The highest BCUT2D eigenvalue weighted by Gasteiger charge is 2.09. The summed E-state index contributed by atoms with van der Waals surface area (Å²) in [7, 11) is 0. The van der Waals surface area contributed by atoms with Gasteiger partial charge in [-0.25, -0.2) is 9.18 Å². The van der Waals surface area contributed by atoms with Gasteiger partial charge in [-0.05, 0) is 48.4 Å². The monoisotopic (exact) mass is 338 g/mol. The van der Waals surface area contributed by atoms with Crippen LogP contribution in [0.1, 0.15) is 29.3 Å². The first-order valence-electron chi connectivity index (χ1n) is 8.21. The number of nitrogens with one attached hydrogen (secondary N) is 1. The van der Waals surface area contributed by atoms with E-state index >= 15 is 0 Å². The van der Waals surface area contributed by atoms with Crippen LogP contribution >= 0.6 is 0 Å². The van der Waals surface area contributed by atoms with Crippen molar-refractivity contribution in [2.24, 2.45) is 0 Å². The Bertz CT molecular complexity index is 879. The molecule has 0 saturated heterocycles. The van der Waals surface area contributed by atoms with E-state index in [2.05, 4.69) is 17.2 Å². The molecule has 0 bridgehead atoms. The Labute approximate surface area is 145 Å². The van der Waals surface area contributed by atoms with Gasteiger partial charge < -0.3 is 10.1 Å². The minimum atomic E-state index is -0.418. The van der Waals surface area contributed by atoms with Gasteiger partial charge in [0.05, 0.1) is 23.0 Å². The van der Waals surface area contributed by atoms with Crippen LogP contribution in [0, 0.1) is 5.82 Å². The minimum absolute atomic E-state index is 0.105. The highest BCUT2D eigenvalue weighted by molar-refractivity contribution is 5.95. The average molecular weight is 338 g/mol. The molecular weight excluding hydrogens is 319 g/mol. The van der Waals surface area contributed by atoms with Crippen LogP contribution in [0.5, 0.6) is 0 Å². The Kier molecular flexibility index (Phi) is 5.23. The number of ether oxygens (including phenoxy) is 1. The van der Waals surface area contributed by atoms with E-state index in [9.17, 15) is 9.18 Å². The van der Waals surface area contributed by atoms with Gasteiger partial charge in [0.15, 0.2) is 0 Å². The number of aromatic nitrogens is 1. The molecule has 1 N–H and O–H groups in total. The molecule has 0 aliphatic carbocycles. The number of hydrogen-bond donors (Lipinski definition) is 1. The van der Waals surface area contributed by atoms with Crippen molar-refractivity contribution in [1.82, 2.24) is 4.98 Å². The lowest BCUT2D eigenvalue weighted by molar-refractivity contribution is 0.0473. The van der Waals surface area contributed by atoms with Crippen molar-refractivity contribution in [3.63, 3.8) is 0 Å². The number of carbonyl (C=O) groups is 1. The molecule has 5 heteroatoms. The van der Waals surface area contributed by atoms with E-state index in [1.807, 2.05) is 6.07 Å². The molecule has 0 aliphatic heterocycles. The van der Waals surface area contributed by atoms with Gasteiger partial charge in [-0.1, -0.05) is 19.1 Å². The lowest BCUT2D eigenvalue weighted by Gasteiger charge is -2.08. The van der Waals surface area contributed by atoms with Crippen LogP contribution in [0.25, 0.3) is 10.9 Å². The first kappa shape index (κ1) is 16.9. The summed E-state index contributed by atoms with van der Waals surface area (Å²) < 4.78 is 18.2. The normalized spacial score (nSPS) is 10.6. The summed E-state index contributed by atoms with van der Waals surface area (Å²) in [6, 6.07) is 13.1. The molecule has 128 valence electrons. The Morgan fingerprint density at radius 1 is 1.16 bits per heavy atom. The topological polar surface area (TPSA) is 51.2 Å². The molecule has 0 fully saturated rings. The molecule has 3 rings (SSSR count).